The van der Waals surface area contributed by atoms with Gasteiger partial charge in [0.05, 0.1) is 13.1 Å². The lowest BCUT2D eigenvalue weighted by molar-refractivity contribution is -0.121. The highest BCUT2D eigenvalue weighted by atomic mass is 16.2. The number of rotatable bonds is 9. The molecule has 1 atom stereocenters. The third kappa shape index (κ3) is 8.19. The summed E-state index contributed by atoms with van der Waals surface area (Å²) >= 11 is 0. The molecule has 0 fully saturated rings. The predicted molar refractivity (Wildman–Crippen MR) is 62.6 cm³/mol. The predicted octanol–water partition coefficient (Wildman–Crippen LogP) is -1.35. The van der Waals surface area contributed by atoms with Crippen molar-refractivity contribution in [2.24, 2.45) is 11.5 Å². The van der Waals surface area contributed by atoms with Gasteiger partial charge in [-0.15, -0.1) is 0 Å². The normalized spacial score (nSPS) is 12.7. The van der Waals surface area contributed by atoms with Crippen LogP contribution in [-0.4, -0.2) is 48.9 Å². The van der Waals surface area contributed by atoms with Crippen molar-refractivity contribution in [3.8, 4) is 0 Å². The van der Waals surface area contributed by atoms with Crippen LogP contribution in [0.25, 0.3) is 0 Å². The Morgan fingerprint density at radius 3 is 2.12 bits per heavy atom. The summed E-state index contributed by atoms with van der Waals surface area (Å²) in [7, 11) is 0. The lowest BCUT2D eigenvalue weighted by atomic mass is 10.2. The number of primary amides is 2. The van der Waals surface area contributed by atoms with E-state index in [4.69, 9.17) is 11.5 Å². The van der Waals surface area contributed by atoms with E-state index in [2.05, 4.69) is 19.2 Å². The third-order valence-electron chi connectivity index (χ3n) is 2.29. The maximum Gasteiger partial charge on any atom is 0.231 e. The molecule has 0 aliphatic heterocycles. The van der Waals surface area contributed by atoms with Crippen molar-refractivity contribution in [2.45, 2.75) is 26.3 Å². The van der Waals surface area contributed by atoms with Gasteiger partial charge in [0, 0.05) is 19.1 Å². The molecule has 0 saturated heterocycles. The van der Waals surface area contributed by atoms with Crippen LogP contribution in [0.4, 0.5) is 0 Å². The van der Waals surface area contributed by atoms with Gasteiger partial charge in [-0.3, -0.25) is 14.5 Å². The van der Waals surface area contributed by atoms with Crippen LogP contribution < -0.4 is 16.8 Å². The van der Waals surface area contributed by atoms with Crippen molar-refractivity contribution < 1.29 is 9.59 Å². The maximum atomic E-state index is 10.8. The topological polar surface area (TPSA) is 101 Å². The number of nitrogens with zero attached hydrogens (tertiary/aromatic N) is 1. The molecular weight excluding hydrogens is 208 g/mol. The molecule has 94 valence electrons. The summed E-state index contributed by atoms with van der Waals surface area (Å²) < 4.78 is 0. The maximum absolute atomic E-state index is 10.8. The van der Waals surface area contributed by atoms with Crippen LogP contribution in [-0.2, 0) is 9.59 Å². The minimum Gasteiger partial charge on any atom is -0.369 e. The van der Waals surface area contributed by atoms with Crippen LogP contribution in [0.15, 0.2) is 0 Å². The summed E-state index contributed by atoms with van der Waals surface area (Å²) in [5, 5.41) is 3.26. The first kappa shape index (κ1) is 14.9. The minimum absolute atomic E-state index is 0.0606. The highest BCUT2D eigenvalue weighted by molar-refractivity contribution is 5.79. The molecule has 0 spiro atoms. The van der Waals surface area contributed by atoms with E-state index in [1.165, 1.54) is 0 Å². The van der Waals surface area contributed by atoms with Gasteiger partial charge in [-0.2, -0.15) is 0 Å². The highest BCUT2D eigenvalue weighted by Crippen LogP contribution is 1.89. The zero-order valence-electron chi connectivity index (χ0n) is 10.0. The molecule has 1 unspecified atom stereocenters. The Kier molecular flexibility index (Phi) is 7.49. The van der Waals surface area contributed by atoms with Gasteiger partial charge in [0.15, 0.2) is 0 Å². The van der Waals surface area contributed by atoms with Gasteiger partial charge in [-0.1, -0.05) is 6.92 Å². The Balaban J connectivity index is 3.91. The van der Waals surface area contributed by atoms with E-state index in [1.54, 1.807) is 4.90 Å². The van der Waals surface area contributed by atoms with Crippen molar-refractivity contribution in [3.05, 3.63) is 0 Å². The van der Waals surface area contributed by atoms with Crippen LogP contribution in [0.1, 0.15) is 20.3 Å². The van der Waals surface area contributed by atoms with Gasteiger partial charge in [0.2, 0.25) is 11.8 Å². The standard InChI is InChI=1S/C10H22N4O2/c1-3-8(2)13-4-5-14(6-9(11)15)7-10(12)16/h8,13H,3-7H2,1-2H3,(H2,11,15)(H2,12,16). The number of carbonyl (C=O) groups is 2. The molecule has 0 aromatic rings. The number of nitrogens with two attached hydrogens (primary N) is 2. The molecule has 0 aromatic heterocycles. The van der Waals surface area contributed by atoms with Crippen molar-refractivity contribution in [1.29, 1.82) is 0 Å². The van der Waals surface area contributed by atoms with Gasteiger partial charge in [0.1, 0.15) is 0 Å². The van der Waals surface area contributed by atoms with Crippen LogP contribution >= 0.6 is 0 Å². The molecule has 16 heavy (non-hydrogen) atoms. The van der Waals surface area contributed by atoms with E-state index in [0.29, 0.717) is 19.1 Å². The number of hydrogen-bond donors (Lipinski definition) is 3. The van der Waals surface area contributed by atoms with E-state index >= 15 is 0 Å². The van der Waals surface area contributed by atoms with Crippen LogP contribution in [0.3, 0.4) is 0 Å². The Morgan fingerprint density at radius 2 is 1.75 bits per heavy atom. The highest BCUT2D eigenvalue weighted by Gasteiger charge is 2.10. The average molecular weight is 230 g/mol. The lowest BCUT2D eigenvalue weighted by Gasteiger charge is -2.20. The Bertz CT molecular complexity index is 217. The lowest BCUT2D eigenvalue weighted by Crippen LogP contribution is -2.43. The van der Waals surface area contributed by atoms with Crippen molar-refractivity contribution >= 4 is 11.8 Å². The van der Waals surface area contributed by atoms with Gasteiger partial charge in [0.25, 0.3) is 0 Å². The summed E-state index contributed by atoms with van der Waals surface area (Å²) in [5.74, 6) is -0.908. The fourth-order valence-corrected chi connectivity index (χ4v) is 1.27. The Labute approximate surface area is 96.3 Å². The first-order valence-corrected chi connectivity index (χ1v) is 5.48. The second-order valence-corrected chi connectivity index (χ2v) is 3.91. The first-order valence-electron chi connectivity index (χ1n) is 5.48. The smallest absolute Gasteiger partial charge is 0.231 e. The fourth-order valence-electron chi connectivity index (χ4n) is 1.27. The molecule has 0 heterocycles. The average Bonchev–Trinajstić information content (AvgIpc) is 2.15. The van der Waals surface area contributed by atoms with Crippen LogP contribution in [0.5, 0.6) is 0 Å². The second-order valence-electron chi connectivity index (χ2n) is 3.91. The van der Waals surface area contributed by atoms with E-state index in [-0.39, 0.29) is 13.1 Å². The molecule has 0 aliphatic carbocycles. The molecule has 0 aliphatic rings. The summed E-state index contributed by atoms with van der Waals surface area (Å²) in [6.07, 6.45) is 1.03. The molecule has 0 radical (unpaired) electrons. The van der Waals surface area contributed by atoms with Crippen LogP contribution in [0, 0.1) is 0 Å². The molecule has 0 bridgehead atoms. The number of carbonyl (C=O) groups excluding carboxylic acids is 2. The summed E-state index contributed by atoms with van der Waals surface area (Å²) in [5.41, 5.74) is 10.1. The molecule has 0 rings (SSSR count). The number of nitrogens with one attached hydrogen (secondary N) is 1. The molecule has 2 amide bonds. The zero-order valence-corrected chi connectivity index (χ0v) is 10.0. The van der Waals surface area contributed by atoms with Gasteiger partial charge < -0.3 is 16.8 Å². The number of hydrogen-bond acceptors (Lipinski definition) is 4. The molecular formula is C10H22N4O2. The zero-order chi connectivity index (χ0) is 12.6. The third-order valence-corrected chi connectivity index (χ3v) is 2.29. The quantitative estimate of drug-likeness (QED) is 0.455. The molecule has 0 aromatic carbocycles. The summed E-state index contributed by atoms with van der Waals surface area (Å²) in [4.78, 5) is 23.1. The van der Waals surface area contributed by atoms with Gasteiger partial charge in [-0.25, -0.2) is 0 Å². The second kappa shape index (κ2) is 8.06. The molecule has 6 nitrogen and oxygen atoms in total. The SMILES string of the molecule is CCC(C)NCCN(CC(N)=O)CC(N)=O. The summed E-state index contributed by atoms with van der Waals surface area (Å²) in [6.45, 7) is 5.57. The molecule has 0 saturated carbocycles. The number of amides is 2. The molecule has 6 heteroatoms. The van der Waals surface area contributed by atoms with Crippen molar-refractivity contribution in [3.63, 3.8) is 0 Å². The van der Waals surface area contributed by atoms with E-state index in [1.807, 2.05) is 0 Å². The monoisotopic (exact) mass is 230 g/mol. The largest absolute Gasteiger partial charge is 0.369 e. The fraction of sp³-hybridized carbons (Fsp3) is 0.800. The van der Waals surface area contributed by atoms with E-state index < -0.39 is 11.8 Å². The van der Waals surface area contributed by atoms with E-state index in [0.717, 1.165) is 6.42 Å². The summed E-state index contributed by atoms with van der Waals surface area (Å²) in [6, 6.07) is 0.420. The van der Waals surface area contributed by atoms with Crippen molar-refractivity contribution in [1.82, 2.24) is 10.2 Å². The van der Waals surface area contributed by atoms with Crippen molar-refractivity contribution in [2.75, 3.05) is 26.2 Å². The van der Waals surface area contributed by atoms with Gasteiger partial charge in [-0.05, 0) is 13.3 Å². The van der Waals surface area contributed by atoms with E-state index in [9.17, 15) is 9.59 Å². The Hall–Kier alpha value is -1.14. The Morgan fingerprint density at radius 1 is 1.25 bits per heavy atom. The minimum atomic E-state index is -0.454. The van der Waals surface area contributed by atoms with Gasteiger partial charge >= 0.3 is 0 Å². The first-order chi connectivity index (χ1) is 7.45. The molecule has 5 N–H and O–H groups in total. The van der Waals surface area contributed by atoms with Crippen LogP contribution in [0.2, 0.25) is 0 Å².